The molecule has 4 rings (SSSR count). The zero-order valence-corrected chi connectivity index (χ0v) is 13.7. The summed E-state index contributed by atoms with van der Waals surface area (Å²) in [6, 6.07) is 12.7. The van der Waals surface area contributed by atoms with Crippen molar-refractivity contribution in [3.8, 4) is 16.9 Å². The minimum Gasteiger partial charge on any atom is -0.509 e. The highest BCUT2D eigenvalue weighted by Crippen LogP contribution is 2.36. The molecule has 2 aromatic carbocycles. The number of nitrogens with one attached hydrogen (secondary N) is 1. The Balaban J connectivity index is 1.82. The molecule has 4 radical (unpaired) electrons. The summed E-state index contributed by atoms with van der Waals surface area (Å²) in [6.07, 6.45) is 5.20. The first-order chi connectivity index (χ1) is 12.5. The van der Waals surface area contributed by atoms with E-state index in [-0.39, 0.29) is 22.6 Å². The number of phenols is 1. The van der Waals surface area contributed by atoms with Crippen molar-refractivity contribution in [2.45, 2.75) is 0 Å². The van der Waals surface area contributed by atoms with E-state index in [2.05, 4.69) is 10.3 Å². The van der Waals surface area contributed by atoms with E-state index in [0.717, 1.165) is 22.4 Å². The van der Waals surface area contributed by atoms with Crippen molar-refractivity contribution in [1.29, 1.82) is 0 Å². The van der Waals surface area contributed by atoms with Crippen LogP contribution in [0.15, 0.2) is 54.9 Å². The molecule has 1 aromatic heterocycles. The summed E-state index contributed by atoms with van der Waals surface area (Å²) < 4.78 is 0. The fourth-order valence-corrected chi connectivity index (χ4v) is 3.00. The number of rotatable bonds is 2. The SMILES string of the molecule is [B]c1cc(/C=C2\C(=O)Nc3ccc(-c4cccnc4)cc32)cc([B])c1O. The fraction of sp³-hybridized carbons (Fsp3) is 0. The second-order valence-corrected chi connectivity index (χ2v) is 6.06. The number of nitrogens with zero attached hydrogens (tertiary/aromatic N) is 1. The van der Waals surface area contributed by atoms with Crippen molar-refractivity contribution in [1.82, 2.24) is 4.98 Å². The van der Waals surface area contributed by atoms with Crippen LogP contribution >= 0.6 is 0 Å². The molecule has 0 saturated heterocycles. The molecule has 0 atom stereocenters. The molecule has 1 aliphatic rings. The zero-order chi connectivity index (χ0) is 18.3. The van der Waals surface area contributed by atoms with E-state index in [9.17, 15) is 9.90 Å². The molecular formula is C20H12B2N2O2. The van der Waals surface area contributed by atoms with Crippen molar-refractivity contribution in [3.05, 3.63) is 66.0 Å². The Morgan fingerprint density at radius 3 is 2.50 bits per heavy atom. The predicted octanol–water partition coefficient (Wildman–Crippen LogP) is 1.53. The van der Waals surface area contributed by atoms with Crippen LogP contribution in [0.3, 0.4) is 0 Å². The van der Waals surface area contributed by atoms with Gasteiger partial charge in [0.25, 0.3) is 5.91 Å². The van der Waals surface area contributed by atoms with E-state index in [1.54, 1.807) is 30.6 Å². The Bertz CT molecular complexity index is 1040. The van der Waals surface area contributed by atoms with Gasteiger partial charge in [-0.05, 0) is 35.4 Å². The Hall–Kier alpha value is -3.27. The highest BCUT2D eigenvalue weighted by Gasteiger charge is 2.24. The van der Waals surface area contributed by atoms with Crippen LogP contribution in [0, 0.1) is 0 Å². The van der Waals surface area contributed by atoms with Gasteiger partial charge in [0.05, 0.1) is 0 Å². The summed E-state index contributed by atoms with van der Waals surface area (Å²) >= 11 is 0. The first-order valence-electron chi connectivity index (χ1n) is 7.99. The lowest BCUT2D eigenvalue weighted by Gasteiger charge is -2.07. The molecule has 0 aliphatic carbocycles. The van der Waals surface area contributed by atoms with Crippen LogP contribution in [0.5, 0.6) is 5.75 Å². The van der Waals surface area contributed by atoms with Crippen LogP contribution in [0.4, 0.5) is 5.69 Å². The largest absolute Gasteiger partial charge is 0.509 e. The Labute approximate surface area is 153 Å². The van der Waals surface area contributed by atoms with E-state index in [0.29, 0.717) is 11.1 Å². The van der Waals surface area contributed by atoms with Gasteiger partial charge < -0.3 is 10.4 Å². The van der Waals surface area contributed by atoms with Gasteiger partial charge in [0.2, 0.25) is 0 Å². The summed E-state index contributed by atoms with van der Waals surface area (Å²) in [5.41, 5.74) is 4.95. The molecule has 3 aromatic rings. The zero-order valence-electron chi connectivity index (χ0n) is 13.7. The second kappa shape index (κ2) is 6.23. The normalized spacial score (nSPS) is 14.3. The van der Waals surface area contributed by atoms with E-state index in [1.807, 2.05) is 30.3 Å². The Kier molecular flexibility index (Phi) is 3.88. The van der Waals surface area contributed by atoms with Crippen LogP contribution in [0.1, 0.15) is 11.1 Å². The molecule has 0 fully saturated rings. The minimum absolute atomic E-state index is 0.151. The van der Waals surface area contributed by atoms with Crippen molar-refractivity contribution >= 4 is 49.9 Å². The highest BCUT2D eigenvalue weighted by molar-refractivity contribution is 6.42. The van der Waals surface area contributed by atoms with E-state index >= 15 is 0 Å². The summed E-state index contributed by atoms with van der Waals surface area (Å²) in [5.74, 6) is -0.351. The van der Waals surface area contributed by atoms with E-state index in [1.165, 1.54) is 0 Å². The Morgan fingerprint density at radius 1 is 1.04 bits per heavy atom. The number of amides is 1. The van der Waals surface area contributed by atoms with Gasteiger partial charge >= 0.3 is 0 Å². The van der Waals surface area contributed by atoms with Crippen molar-refractivity contribution in [2.24, 2.45) is 0 Å². The topological polar surface area (TPSA) is 62.2 Å². The van der Waals surface area contributed by atoms with Gasteiger partial charge in [0.1, 0.15) is 21.4 Å². The van der Waals surface area contributed by atoms with Gasteiger partial charge in [-0.15, -0.1) is 0 Å². The third-order valence-corrected chi connectivity index (χ3v) is 4.30. The number of benzene rings is 2. The quantitative estimate of drug-likeness (QED) is 0.552. The smallest absolute Gasteiger partial charge is 0.256 e. The summed E-state index contributed by atoms with van der Waals surface area (Å²) in [7, 11) is 11.5. The number of hydrogen-bond acceptors (Lipinski definition) is 3. The number of carbonyl (C=O) groups is 1. The third-order valence-electron chi connectivity index (χ3n) is 4.30. The number of hydrogen-bond donors (Lipinski definition) is 2. The van der Waals surface area contributed by atoms with E-state index < -0.39 is 0 Å². The van der Waals surface area contributed by atoms with Gasteiger partial charge in [-0.1, -0.05) is 35.2 Å². The molecule has 6 heteroatoms. The fourth-order valence-electron chi connectivity index (χ4n) is 3.00. The lowest BCUT2D eigenvalue weighted by Crippen LogP contribution is -2.15. The lowest BCUT2D eigenvalue weighted by molar-refractivity contribution is -0.110. The van der Waals surface area contributed by atoms with Crippen molar-refractivity contribution in [2.75, 3.05) is 5.32 Å². The van der Waals surface area contributed by atoms with Crippen LogP contribution in [-0.2, 0) is 4.79 Å². The third kappa shape index (κ3) is 2.80. The van der Waals surface area contributed by atoms with Crippen molar-refractivity contribution in [3.63, 3.8) is 0 Å². The van der Waals surface area contributed by atoms with Gasteiger partial charge in [0, 0.05) is 34.8 Å². The molecule has 1 amide bonds. The number of pyridine rings is 1. The number of carbonyl (C=O) groups excluding carboxylic acids is 1. The van der Waals surface area contributed by atoms with Gasteiger partial charge in [-0.25, -0.2) is 0 Å². The summed E-state index contributed by atoms with van der Waals surface area (Å²) in [6.45, 7) is 0. The summed E-state index contributed by atoms with van der Waals surface area (Å²) in [5, 5.41) is 12.6. The number of phenolic OH excluding ortho intramolecular Hbond substituents is 1. The number of anilines is 1. The molecule has 2 N–H and O–H groups in total. The number of fused-ring (bicyclic) bond motifs is 1. The first-order valence-corrected chi connectivity index (χ1v) is 7.99. The highest BCUT2D eigenvalue weighted by atomic mass is 16.3. The maximum Gasteiger partial charge on any atom is 0.256 e. The molecule has 0 spiro atoms. The van der Waals surface area contributed by atoms with Gasteiger partial charge in [0.15, 0.2) is 0 Å². The minimum atomic E-state index is -0.200. The van der Waals surface area contributed by atoms with Gasteiger partial charge in [-0.3, -0.25) is 9.78 Å². The van der Waals surface area contributed by atoms with Crippen LogP contribution in [0.25, 0.3) is 22.8 Å². The van der Waals surface area contributed by atoms with Crippen LogP contribution < -0.4 is 16.2 Å². The van der Waals surface area contributed by atoms with Crippen LogP contribution in [-0.4, -0.2) is 31.7 Å². The van der Waals surface area contributed by atoms with Crippen molar-refractivity contribution < 1.29 is 9.90 Å². The van der Waals surface area contributed by atoms with E-state index in [4.69, 9.17) is 15.7 Å². The van der Waals surface area contributed by atoms with Gasteiger partial charge in [-0.2, -0.15) is 0 Å². The first kappa shape index (κ1) is 16.2. The average molecular weight is 334 g/mol. The molecule has 4 nitrogen and oxygen atoms in total. The molecule has 1 aliphatic heterocycles. The molecule has 120 valence electrons. The monoisotopic (exact) mass is 334 g/mol. The number of aromatic hydroxyl groups is 1. The molecule has 2 heterocycles. The molecule has 0 saturated carbocycles. The molecule has 0 bridgehead atoms. The second-order valence-electron chi connectivity index (χ2n) is 6.06. The lowest BCUT2D eigenvalue weighted by atomic mass is 9.83. The van der Waals surface area contributed by atoms with Crippen LogP contribution in [0.2, 0.25) is 0 Å². The Morgan fingerprint density at radius 2 is 1.81 bits per heavy atom. The summed E-state index contributed by atoms with van der Waals surface area (Å²) in [4.78, 5) is 16.6. The molecule has 0 unspecified atom stereocenters. The number of aromatic nitrogens is 1. The predicted molar refractivity (Wildman–Crippen MR) is 105 cm³/mol. The maximum absolute atomic E-state index is 12.4. The standard InChI is InChI=1S/C20H12B2N2O2/c21-16-7-11(8-17(22)19(16)25)6-15-14-9-12(13-2-1-5-23-10-13)3-4-18(14)24-20(15)26/h1-10,25H,(H,24,26)/b15-6-. The average Bonchev–Trinajstić information content (AvgIpc) is 2.95. The molecule has 26 heavy (non-hydrogen) atoms. The molecular weight excluding hydrogens is 322 g/mol. The maximum atomic E-state index is 12.4.